The van der Waals surface area contributed by atoms with Gasteiger partial charge in [-0.25, -0.2) is 4.98 Å². The average Bonchev–Trinajstić information content (AvgIpc) is 3.21. The molecular formula is C22H27N5O2. The SMILES string of the molecule is C=CC(=N)/C=C\c1ncc(-c2ccc(N3CCN(CCOC(C)=O)CC3)cc2)[nH]1. The molecule has 1 fully saturated rings. The van der Waals surface area contributed by atoms with Gasteiger partial charge in [-0.05, 0) is 35.9 Å². The standard InChI is InChI=1S/C22H27N5O2/c1-3-19(23)6-9-22-24-16-21(25-22)18-4-7-20(8-5-18)27-12-10-26(11-13-27)14-15-29-17(2)28/h3-9,16,23H,1,10-15H2,2H3,(H,24,25)/b9-6-,23-19?. The van der Waals surface area contributed by atoms with Gasteiger partial charge in [0.25, 0.3) is 0 Å². The molecule has 29 heavy (non-hydrogen) atoms. The van der Waals surface area contributed by atoms with Gasteiger partial charge in [-0.3, -0.25) is 9.69 Å². The molecule has 1 aromatic carbocycles. The molecule has 7 nitrogen and oxygen atoms in total. The molecule has 0 atom stereocenters. The molecule has 0 aliphatic carbocycles. The molecule has 152 valence electrons. The van der Waals surface area contributed by atoms with Crippen LogP contribution < -0.4 is 4.90 Å². The number of carbonyl (C=O) groups excluding carboxylic acids is 1. The zero-order valence-electron chi connectivity index (χ0n) is 16.7. The topological polar surface area (TPSA) is 85.3 Å². The maximum Gasteiger partial charge on any atom is 0.302 e. The number of nitrogens with zero attached hydrogens (tertiary/aromatic N) is 3. The van der Waals surface area contributed by atoms with Crippen molar-refractivity contribution >= 4 is 23.4 Å². The molecule has 1 aliphatic heterocycles. The number of H-pyrrole nitrogens is 1. The number of benzene rings is 1. The van der Waals surface area contributed by atoms with E-state index in [4.69, 9.17) is 10.1 Å². The molecule has 2 aromatic rings. The monoisotopic (exact) mass is 393 g/mol. The summed E-state index contributed by atoms with van der Waals surface area (Å²) in [6.07, 6.45) is 6.71. The first-order valence-corrected chi connectivity index (χ1v) is 9.70. The third-order valence-electron chi connectivity index (χ3n) is 4.86. The lowest BCUT2D eigenvalue weighted by molar-refractivity contribution is -0.141. The van der Waals surface area contributed by atoms with Crippen LogP contribution in [-0.2, 0) is 9.53 Å². The summed E-state index contributed by atoms with van der Waals surface area (Å²) >= 11 is 0. The van der Waals surface area contributed by atoms with Crippen LogP contribution in [-0.4, -0.2) is 65.9 Å². The number of esters is 1. The van der Waals surface area contributed by atoms with E-state index in [1.807, 2.05) is 0 Å². The Morgan fingerprint density at radius 1 is 1.28 bits per heavy atom. The molecule has 2 N–H and O–H groups in total. The molecule has 2 heterocycles. The Kier molecular flexibility index (Phi) is 6.97. The van der Waals surface area contributed by atoms with Gasteiger partial charge in [-0.15, -0.1) is 0 Å². The predicted octanol–water partition coefficient (Wildman–Crippen LogP) is 2.98. The maximum absolute atomic E-state index is 10.9. The normalized spacial score (nSPS) is 14.9. The molecular weight excluding hydrogens is 366 g/mol. The van der Waals surface area contributed by atoms with Gasteiger partial charge in [0.1, 0.15) is 12.4 Å². The zero-order chi connectivity index (χ0) is 20.6. The molecule has 0 radical (unpaired) electrons. The third-order valence-corrected chi connectivity index (χ3v) is 4.86. The quantitative estimate of drug-likeness (QED) is 0.532. The number of hydrogen-bond donors (Lipinski definition) is 2. The number of allylic oxidation sites excluding steroid dienone is 2. The van der Waals surface area contributed by atoms with Crippen LogP contribution in [0.5, 0.6) is 0 Å². The minimum Gasteiger partial charge on any atom is -0.465 e. The van der Waals surface area contributed by atoms with Crippen molar-refractivity contribution in [3.63, 3.8) is 0 Å². The second-order valence-electron chi connectivity index (χ2n) is 6.89. The van der Waals surface area contributed by atoms with Gasteiger partial charge in [0.15, 0.2) is 0 Å². The highest BCUT2D eigenvalue weighted by Gasteiger charge is 2.17. The summed E-state index contributed by atoms with van der Waals surface area (Å²) in [6, 6.07) is 8.45. The minimum atomic E-state index is -0.222. The highest BCUT2D eigenvalue weighted by Crippen LogP contribution is 2.23. The van der Waals surface area contributed by atoms with Crippen LogP contribution in [0.2, 0.25) is 0 Å². The Hall–Kier alpha value is -3.19. The number of carbonyl (C=O) groups is 1. The van der Waals surface area contributed by atoms with Crippen LogP contribution >= 0.6 is 0 Å². The minimum absolute atomic E-state index is 0.222. The molecule has 1 saturated heterocycles. The van der Waals surface area contributed by atoms with Gasteiger partial charge < -0.3 is 20.0 Å². The number of aromatic nitrogens is 2. The van der Waals surface area contributed by atoms with Crippen LogP contribution in [0.3, 0.4) is 0 Å². The summed E-state index contributed by atoms with van der Waals surface area (Å²) in [5.74, 6) is 0.487. The number of ether oxygens (including phenoxy) is 1. The molecule has 1 aliphatic rings. The van der Waals surface area contributed by atoms with Gasteiger partial charge in [-0.1, -0.05) is 18.7 Å². The summed E-state index contributed by atoms with van der Waals surface area (Å²) in [6.45, 7) is 10.1. The largest absolute Gasteiger partial charge is 0.465 e. The molecule has 0 amide bonds. The fourth-order valence-electron chi connectivity index (χ4n) is 3.20. The van der Waals surface area contributed by atoms with Gasteiger partial charge in [-0.2, -0.15) is 0 Å². The summed E-state index contributed by atoms with van der Waals surface area (Å²) in [5, 5.41) is 7.57. The number of anilines is 1. The Labute approximate surface area is 171 Å². The zero-order valence-corrected chi connectivity index (χ0v) is 16.7. The lowest BCUT2D eigenvalue weighted by Crippen LogP contribution is -2.47. The van der Waals surface area contributed by atoms with Crippen molar-refractivity contribution in [3.05, 3.63) is 55.0 Å². The third kappa shape index (κ3) is 5.89. The molecule has 0 unspecified atom stereocenters. The lowest BCUT2D eigenvalue weighted by atomic mass is 10.1. The van der Waals surface area contributed by atoms with E-state index in [0.29, 0.717) is 18.1 Å². The van der Waals surface area contributed by atoms with Crippen LogP contribution in [0.4, 0.5) is 5.69 Å². The second kappa shape index (κ2) is 9.84. The number of rotatable bonds is 8. The summed E-state index contributed by atoms with van der Waals surface area (Å²) < 4.78 is 5.02. The number of aromatic amines is 1. The first-order chi connectivity index (χ1) is 14.0. The molecule has 0 spiro atoms. The Bertz CT molecular complexity index is 877. The Balaban J connectivity index is 1.54. The first kappa shape index (κ1) is 20.5. The smallest absolute Gasteiger partial charge is 0.302 e. The van der Waals surface area contributed by atoms with Crippen LogP contribution in [0, 0.1) is 5.41 Å². The van der Waals surface area contributed by atoms with Crippen LogP contribution in [0.25, 0.3) is 17.3 Å². The average molecular weight is 393 g/mol. The van der Waals surface area contributed by atoms with Crippen molar-refractivity contribution in [1.29, 1.82) is 5.41 Å². The van der Waals surface area contributed by atoms with E-state index < -0.39 is 0 Å². The van der Waals surface area contributed by atoms with Crippen molar-refractivity contribution in [2.75, 3.05) is 44.2 Å². The lowest BCUT2D eigenvalue weighted by Gasteiger charge is -2.36. The summed E-state index contributed by atoms with van der Waals surface area (Å²) in [5.41, 5.74) is 3.56. The van der Waals surface area contributed by atoms with Crippen molar-refractivity contribution < 1.29 is 9.53 Å². The van der Waals surface area contributed by atoms with Gasteiger partial charge in [0.05, 0.1) is 17.6 Å². The molecule has 1 aromatic heterocycles. The number of hydrogen-bond acceptors (Lipinski definition) is 6. The molecule has 0 bridgehead atoms. The van der Waals surface area contributed by atoms with E-state index in [9.17, 15) is 4.79 Å². The Morgan fingerprint density at radius 3 is 2.66 bits per heavy atom. The van der Waals surface area contributed by atoms with Crippen LogP contribution in [0.1, 0.15) is 12.7 Å². The van der Waals surface area contributed by atoms with E-state index in [2.05, 4.69) is 50.6 Å². The van der Waals surface area contributed by atoms with Gasteiger partial charge in [0, 0.05) is 45.3 Å². The molecule has 3 rings (SSSR count). The highest BCUT2D eigenvalue weighted by molar-refractivity contribution is 6.03. The van der Waals surface area contributed by atoms with E-state index in [-0.39, 0.29) is 5.97 Å². The number of nitrogens with one attached hydrogen (secondary N) is 2. The van der Waals surface area contributed by atoms with Crippen molar-refractivity contribution in [1.82, 2.24) is 14.9 Å². The van der Waals surface area contributed by atoms with Crippen LogP contribution in [0.15, 0.2) is 49.2 Å². The number of piperazine rings is 1. The second-order valence-corrected chi connectivity index (χ2v) is 6.89. The fourth-order valence-corrected chi connectivity index (χ4v) is 3.20. The van der Waals surface area contributed by atoms with Crippen molar-refractivity contribution in [3.8, 4) is 11.3 Å². The molecule has 7 heteroatoms. The van der Waals surface area contributed by atoms with Gasteiger partial charge >= 0.3 is 5.97 Å². The summed E-state index contributed by atoms with van der Waals surface area (Å²) in [4.78, 5) is 23.1. The first-order valence-electron chi connectivity index (χ1n) is 9.70. The van der Waals surface area contributed by atoms with E-state index in [0.717, 1.165) is 44.0 Å². The van der Waals surface area contributed by atoms with E-state index in [1.54, 1.807) is 18.3 Å². The maximum atomic E-state index is 10.9. The number of imidazole rings is 1. The van der Waals surface area contributed by atoms with Crippen molar-refractivity contribution in [2.45, 2.75) is 6.92 Å². The summed E-state index contributed by atoms with van der Waals surface area (Å²) in [7, 11) is 0. The fraction of sp³-hybridized carbons (Fsp3) is 0.318. The van der Waals surface area contributed by atoms with E-state index in [1.165, 1.54) is 18.7 Å². The molecule has 0 saturated carbocycles. The van der Waals surface area contributed by atoms with Gasteiger partial charge in [0.2, 0.25) is 0 Å². The Morgan fingerprint density at radius 2 is 2.00 bits per heavy atom. The highest BCUT2D eigenvalue weighted by atomic mass is 16.5. The predicted molar refractivity (Wildman–Crippen MR) is 116 cm³/mol. The van der Waals surface area contributed by atoms with E-state index >= 15 is 0 Å². The van der Waals surface area contributed by atoms with Crippen molar-refractivity contribution in [2.24, 2.45) is 0 Å².